The van der Waals surface area contributed by atoms with Gasteiger partial charge in [-0.25, -0.2) is 9.78 Å². The van der Waals surface area contributed by atoms with Gasteiger partial charge < -0.3 is 14.8 Å². The van der Waals surface area contributed by atoms with Crippen molar-refractivity contribution in [1.82, 2.24) is 4.98 Å². The van der Waals surface area contributed by atoms with Crippen LogP contribution in [0.1, 0.15) is 23.3 Å². The molecule has 110 valence electrons. The van der Waals surface area contributed by atoms with Gasteiger partial charge in [0.15, 0.2) is 5.69 Å². The van der Waals surface area contributed by atoms with Gasteiger partial charge in [-0.05, 0) is 18.9 Å². The first-order chi connectivity index (χ1) is 9.60. The summed E-state index contributed by atoms with van der Waals surface area (Å²) in [5, 5.41) is 13.8. The summed E-state index contributed by atoms with van der Waals surface area (Å²) in [5.41, 5.74) is -0.151. The molecule has 1 heterocycles. The molecule has 1 N–H and O–H groups in total. The van der Waals surface area contributed by atoms with Crippen molar-refractivity contribution in [3.05, 3.63) is 27.9 Å². The smallest absolute Gasteiger partial charge is 0.356 e. The number of ether oxygens (including phenoxy) is 2. The number of carbonyl (C=O) groups excluding carboxylic acids is 1. The van der Waals surface area contributed by atoms with Crippen LogP contribution in [0.4, 0.5) is 11.5 Å². The van der Waals surface area contributed by atoms with E-state index >= 15 is 0 Å². The van der Waals surface area contributed by atoms with Gasteiger partial charge in [-0.1, -0.05) is 0 Å². The van der Waals surface area contributed by atoms with Crippen LogP contribution in [0, 0.1) is 10.1 Å². The highest BCUT2D eigenvalue weighted by molar-refractivity contribution is 5.88. The van der Waals surface area contributed by atoms with E-state index in [9.17, 15) is 14.9 Å². The summed E-state index contributed by atoms with van der Waals surface area (Å²) in [7, 11) is 2.84. The molecule has 0 bridgehead atoms. The maximum atomic E-state index is 11.4. The van der Waals surface area contributed by atoms with E-state index in [0.717, 1.165) is 12.8 Å². The van der Waals surface area contributed by atoms with Gasteiger partial charge in [-0.15, -0.1) is 0 Å². The quantitative estimate of drug-likeness (QED) is 0.334. The second-order valence-corrected chi connectivity index (χ2v) is 3.94. The summed E-state index contributed by atoms with van der Waals surface area (Å²) in [6.07, 6.45) is 1.60. The number of hydrogen-bond donors (Lipinski definition) is 1. The molecule has 0 unspecified atom stereocenters. The molecule has 8 nitrogen and oxygen atoms in total. The largest absolute Gasteiger partial charge is 0.464 e. The number of anilines is 1. The summed E-state index contributed by atoms with van der Waals surface area (Å²) >= 11 is 0. The Kier molecular flexibility index (Phi) is 6.38. The molecule has 0 aliphatic heterocycles. The van der Waals surface area contributed by atoms with E-state index in [1.165, 1.54) is 19.2 Å². The minimum Gasteiger partial charge on any atom is -0.464 e. The summed E-state index contributed by atoms with van der Waals surface area (Å²) < 4.78 is 9.44. The second-order valence-electron chi connectivity index (χ2n) is 3.94. The Balaban J connectivity index is 2.78. The Labute approximate surface area is 116 Å². The van der Waals surface area contributed by atoms with Gasteiger partial charge in [0.05, 0.1) is 12.0 Å². The molecule has 1 rings (SSSR count). The highest BCUT2D eigenvalue weighted by atomic mass is 16.6. The summed E-state index contributed by atoms with van der Waals surface area (Å²) in [5.74, 6) is -0.572. The fourth-order valence-corrected chi connectivity index (χ4v) is 1.53. The number of nitrogens with one attached hydrogen (secondary N) is 1. The van der Waals surface area contributed by atoms with Crippen molar-refractivity contribution >= 4 is 17.5 Å². The molecule has 0 spiro atoms. The third kappa shape index (κ3) is 4.47. The maximum absolute atomic E-state index is 11.4. The van der Waals surface area contributed by atoms with Gasteiger partial charge in [-0.3, -0.25) is 10.1 Å². The number of nitrogens with zero attached hydrogens (tertiary/aromatic N) is 2. The van der Waals surface area contributed by atoms with E-state index < -0.39 is 10.9 Å². The third-order valence-electron chi connectivity index (χ3n) is 2.53. The Morgan fingerprint density at radius 3 is 2.75 bits per heavy atom. The van der Waals surface area contributed by atoms with Crippen LogP contribution < -0.4 is 5.32 Å². The molecule has 0 aliphatic carbocycles. The number of nitro groups is 1. The zero-order valence-corrected chi connectivity index (χ0v) is 11.4. The lowest BCUT2D eigenvalue weighted by Crippen LogP contribution is -2.11. The Hall–Kier alpha value is -2.22. The second kappa shape index (κ2) is 8.05. The SMILES string of the molecule is COCCCCNc1nc(C(=O)OC)ccc1[N+](=O)[O-]. The number of aromatic nitrogens is 1. The van der Waals surface area contributed by atoms with E-state index in [1.807, 2.05) is 0 Å². The molecule has 0 saturated heterocycles. The van der Waals surface area contributed by atoms with Gasteiger partial charge in [0.2, 0.25) is 5.82 Å². The van der Waals surface area contributed by atoms with Gasteiger partial charge in [0.1, 0.15) is 0 Å². The van der Waals surface area contributed by atoms with Crippen LogP contribution in [0.5, 0.6) is 0 Å². The lowest BCUT2D eigenvalue weighted by atomic mass is 10.3. The molecule has 20 heavy (non-hydrogen) atoms. The number of methoxy groups -OCH3 is 2. The molecule has 8 heteroatoms. The number of carbonyl (C=O) groups is 1. The van der Waals surface area contributed by atoms with Crippen molar-refractivity contribution in [2.24, 2.45) is 0 Å². The predicted molar refractivity (Wildman–Crippen MR) is 71.8 cm³/mol. The van der Waals surface area contributed by atoms with Crippen LogP contribution >= 0.6 is 0 Å². The van der Waals surface area contributed by atoms with Gasteiger partial charge in [0, 0.05) is 26.3 Å². The Bertz CT molecular complexity index is 478. The number of rotatable bonds is 8. The third-order valence-corrected chi connectivity index (χ3v) is 2.53. The molecule has 0 atom stereocenters. The van der Waals surface area contributed by atoms with Crippen molar-refractivity contribution < 1.29 is 19.2 Å². The molecule has 0 amide bonds. The average Bonchev–Trinajstić information content (AvgIpc) is 2.45. The zero-order valence-electron chi connectivity index (χ0n) is 11.4. The first-order valence-corrected chi connectivity index (χ1v) is 6.06. The van der Waals surface area contributed by atoms with E-state index in [0.29, 0.717) is 13.2 Å². The van der Waals surface area contributed by atoms with Crippen molar-refractivity contribution in [2.45, 2.75) is 12.8 Å². The van der Waals surface area contributed by atoms with Gasteiger partial charge in [-0.2, -0.15) is 0 Å². The molecular weight excluding hydrogens is 266 g/mol. The number of unbranched alkanes of at least 4 members (excludes halogenated alkanes) is 1. The zero-order chi connectivity index (χ0) is 15.0. The molecule has 1 aromatic rings. The first kappa shape index (κ1) is 15.8. The molecule has 0 aromatic carbocycles. The van der Waals surface area contributed by atoms with Crippen LogP contribution in [0.2, 0.25) is 0 Å². The van der Waals surface area contributed by atoms with Crippen LogP contribution in [0.25, 0.3) is 0 Å². The Morgan fingerprint density at radius 2 is 2.15 bits per heavy atom. The molecule has 0 fully saturated rings. The van der Waals surface area contributed by atoms with E-state index in [-0.39, 0.29) is 17.2 Å². The molecule has 0 aliphatic rings. The predicted octanol–water partition coefficient (Wildman–Crippen LogP) is 1.61. The highest BCUT2D eigenvalue weighted by Crippen LogP contribution is 2.22. The van der Waals surface area contributed by atoms with E-state index in [2.05, 4.69) is 15.0 Å². The van der Waals surface area contributed by atoms with Crippen molar-refractivity contribution in [3.63, 3.8) is 0 Å². The first-order valence-electron chi connectivity index (χ1n) is 6.06. The van der Waals surface area contributed by atoms with E-state index in [1.54, 1.807) is 7.11 Å². The van der Waals surface area contributed by atoms with Gasteiger partial charge >= 0.3 is 11.7 Å². The monoisotopic (exact) mass is 283 g/mol. The minimum atomic E-state index is -0.637. The number of esters is 1. The lowest BCUT2D eigenvalue weighted by molar-refractivity contribution is -0.384. The number of pyridine rings is 1. The lowest BCUT2D eigenvalue weighted by Gasteiger charge is -2.07. The summed E-state index contributed by atoms with van der Waals surface area (Å²) in [4.78, 5) is 25.6. The Morgan fingerprint density at radius 1 is 1.40 bits per heavy atom. The molecular formula is C12H17N3O5. The fourth-order valence-electron chi connectivity index (χ4n) is 1.53. The standard InChI is InChI=1S/C12H17N3O5/c1-19-8-4-3-7-13-11-10(15(17)18)6-5-9(14-11)12(16)20-2/h5-6H,3-4,7-8H2,1-2H3,(H,13,14). The highest BCUT2D eigenvalue weighted by Gasteiger charge is 2.18. The minimum absolute atomic E-state index is 0.0255. The van der Waals surface area contributed by atoms with Gasteiger partial charge in [0.25, 0.3) is 0 Å². The van der Waals surface area contributed by atoms with E-state index in [4.69, 9.17) is 4.74 Å². The van der Waals surface area contributed by atoms with Crippen LogP contribution in [-0.4, -0.2) is 43.2 Å². The summed E-state index contributed by atoms with van der Waals surface area (Å²) in [6, 6.07) is 2.50. The normalized spacial score (nSPS) is 10.1. The van der Waals surface area contributed by atoms with Crippen molar-refractivity contribution in [1.29, 1.82) is 0 Å². The fraction of sp³-hybridized carbons (Fsp3) is 0.500. The van der Waals surface area contributed by atoms with Crippen LogP contribution in [0.15, 0.2) is 12.1 Å². The van der Waals surface area contributed by atoms with Crippen molar-refractivity contribution in [3.8, 4) is 0 Å². The number of hydrogen-bond acceptors (Lipinski definition) is 7. The maximum Gasteiger partial charge on any atom is 0.356 e. The molecule has 1 aromatic heterocycles. The van der Waals surface area contributed by atoms with Crippen LogP contribution in [-0.2, 0) is 9.47 Å². The van der Waals surface area contributed by atoms with Crippen molar-refractivity contribution in [2.75, 3.05) is 32.7 Å². The average molecular weight is 283 g/mol. The van der Waals surface area contributed by atoms with Crippen LogP contribution in [0.3, 0.4) is 0 Å². The molecule has 0 saturated carbocycles. The summed E-state index contributed by atoms with van der Waals surface area (Å²) in [6.45, 7) is 1.13. The molecule has 0 radical (unpaired) electrons. The topological polar surface area (TPSA) is 104 Å².